The van der Waals surface area contributed by atoms with Crippen LogP contribution in [0.5, 0.6) is 5.75 Å². The molecule has 1 heterocycles. The third-order valence-corrected chi connectivity index (χ3v) is 4.11. The highest BCUT2D eigenvalue weighted by atomic mass is 79.9. The van der Waals surface area contributed by atoms with Crippen molar-refractivity contribution in [1.29, 1.82) is 0 Å². The van der Waals surface area contributed by atoms with Gasteiger partial charge in [0.2, 0.25) is 0 Å². The van der Waals surface area contributed by atoms with E-state index in [1.165, 1.54) is 5.56 Å². The summed E-state index contributed by atoms with van der Waals surface area (Å²) < 4.78 is 12.4. The van der Waals surface area contributed by atoms with Gasteiger partial charge < -0.3 is 14.6 Å². The molecule has 0 saturated heterocycles. The molecular weight excluding hydrogens is 320 g/mol. The fourth-order valence-electron chi connectivity index (χ4n) is 2.78. The summed E-state index contributed by atoms with van der Waals surface area (Å²) in [4.78, 5) is 0. The van der Waals surface area contributed by atoms with E-state index in [1.807, 2.05) is 13.0 Å². The zero-order chi connectivity index (χ0) is 14.7. The van der Waals surface area contributed by atoms with E-state index in [2.05, 4.69) is 35.8 Å². The first-order valence-electron chi connectivity index (χ1n) is 7.26. The maximum atomic E-state index is 10.5. The van der Waals surface area contributed by atoms with Crippen molar-refractivity contribution in [3.63, 3.8) is 0 Å². The van der Waals surface area contributed by atoms with Crippen molar-refractivity contribution < 1.29 is 14.6 Å². The summed E-state index contributed by atoms with van der Waals surface area (Å²) in [6.07, 6.45) is 0.843. The lowest BCUT2D eigenvalue weighted by atomic mass is 9.95. The van der Waals surface area contributed by atoms with E-state index < -0.39 is 6.10 Å². The summed E-state index contributed by atoms with van der Waals surface area (Å²) in [5.74, 6) is 1.23. The van der Waals surface area contributed by atoms with Crippen molar-refractivity contribution in [2.75, 3.05) is 13.2 Å². The highest BCUT2D eigenvalue weighted by molar-refractivity contribution is 9.10. The number of hydrogen-bond donors (Lipinski definition) is 1. The van der Waals surface area contributed by atoms with Gasteiger partial charge in [-0.25, -0.2) is 0 Å². The summed E-state index contributed by atoms with van der Waals surface area (Å²) in [5.41, 5.74) is 2.28. The van der Waals surface area contributed by atoms with Crippen molar-refractivity contribution in [3.05, 3.63) is 27.7 Å². The topological polar surface area (TPSA) is 38.7 Å². The average molecular weight is 343 g/mol. The van der Waals surface area contributed by atoms with Crippen LogP contribution < -0.4 is 4.74 Å². The van der Waals surface area contributed by atoms with Gasteiger partial charge in [0, 0.05) is 23.9 Å². The third-order valence-electron chi connectivity index (χ3n) is 3.65. The van der Waals surface area contributed by atoms with E-state index in [0.29, 0.717) is 13.0 Å². The maximum Gasteiger partial charge on any atom is 0.125 e. The Labute approximate surface area is 129 Å². The number of rotatable bonds is 6. The summed E-state index contributed by atoms with van der Waals surface area (Å²) in [6, 6.07) is 4.14. The number of aliphatic hydroxyl groups is 1. The maximum absolute atomic E-state index is 10.5. The predicted molar refractivity (Wildman–Crippen MR) is 83.3 cm³/mol. The fourth-order valence-corrected chi connectivity index (χ4v) is 3.33. The molecule has 3 nitrogen and oxygen atoms in total. The van der Waals surface area contributed by atoms with Gasteiger partial charge >= 0.3 is 0 Å². The minimum absolute atomic E-state index is 0.143. The second-order valence-electron chi connectivity index (χ2n) is 5.59. The van der Waals surface area contributed by atoms with Crippen LogP contribution in [0.15, 0.2) is 16.6 Å². The van der Waals surface area contributed by atoms with E-state index >= 15 is 0 Å². The number of hydrogen-bond acceptors (Lipinski definition) is 3. The number of halogens is 1. The van der Waals surface area contributed by atoms with E-state index in [4.69, 9.17) is 9.47 Å². The summed E-state index contributed by atoms with van der Waals surface area (Å²) in [5, 5.41) is 10.5. The molecule has 1 aromatic carbocycles. The van der Waals surface area contributed by atoms with Crippen molar-refractivity contribution >= 4 is 15.9 Å². The van der Waals surface area contributed by atoms with Crippen molar-refractivity contribution in [2.45, 2.75) is 45.8 Å². The molecule has 0 fully saturated rings. The standard InChI is InChI=1S/C16H23BrO3/c1-4-19-15(10(2)3)14(18)9-12-8-13(17)7-11-5-6-20-16(11)12/h7-8,10,14-15,18H,4-6,9H2,1-3H3. The normalized spacial score (nSPS) is 16.9. The minimum Gasteiger partial charge on any atom is -0.493 e. The van der Waals surface area contributed by atoms with Crippen molar-refractivity contribution in [1.82, 2.24) is 0 Å². The summed E-state index contributed by atoms with van der Waals surface area (Å²) in [6.45, 7) is 7.46. The van der Waals surface area contributed by atoms with Gasteiger partial charge in [0.15, 0.2) is 0 Å². The van der Waals surface area contributed by atoms with E-state index in [9.17, 15) is 5.11 Å². The lowest BCUT2D eigenvalue weighted by molar-refractivity contribution is -0.0563. The molecule has 0 spiro atoms. The van der Waals surface area contributed by atoms with Crippen LogP contribution in [0.25, 0.3) is 0 Å². The van der Waals surface area contributed by atoms with E-state index in [-0.39, 0.29) is 12.0 Å². The molecule has 1 aliphatic rings. The molecule has 0 radical (unpaired) electrons. The molecule has 4 heteroatoms. The van der Waals surface area contributed by atoms with Crippen LogP contribution in [0.1, 0.15) is 31.9 Å². The van der Waals surface area contributed by atoms with Crippen LogP contribution in [-0.2, 0) is 17.6 Å². The predicted octanol–water partition coefficient (Wildman–Crippen LogP) is 3.35. The first-order valence-corrected chi connectivity index (χ1v) is 8.06. The lowest BCUT2D eigenvalue weighted by Gasteiger charge is -2.26. The Morgan fingerprint density at radius 3 is 2.80 bits per heavy atom. The average Bonchev–Trinajstić information content (AvgIpc) is 2.83. The van der Waals surface area contributed by atoms with Gasteiger partial charge in [0.25, 0.3) is 0 Å². The Hall–Kier alpha value is -0.580. The molecule has 1 aliphatic heterocycles. The monoisotopic (exact) mass is 342 g/mol. The van der Waals surface area contributed by atoms with Crippen molar-refractivity contribution in [2.24, 2.45) is 5.92 Å². The fraction of sp³-hybridized carbons (Fsp3) is 0.625. The SMILES string of the molecule is CCOC(C(C)C)C(O)Cc1cc(Br)cc2c1OCC2. The van der Waals surface area contributed by atoms with Crippen LogP contribution >= 0.6 is 15.9 Å². The number of fused-ring (bicyclic) bond motifs is 1. The largest absolute Gasteiger partial charge is 0.493 e. The Morgan fingerprint density at radius 1 is 1.40 bits per heavy atom. The summed E-state index contributed by atoms with van der Waals surface area (Å²) in [7, 11) is 0. The zero-order valence-corrected chi connectivity index (χ0v) is 13.9. The van der Waals surface area contributed by atoms with Crippen LogP contribution in [0.4, 0.5) is 0 Å². The molecule has 1 aromatic rings. The van der Waals surface area contributed by atoms with Gasteiger partial charge in [0.1, 0.15) is 5.75 Å². The van der Waals surface area contributed by atoms with Crippen LogP contribution in [0.3, 0.4) is 0 Å². The Kier molecular flexibility index (Phi) is 5.47. The molecule has 2 rings (SSSR count). The second kappa shape index (κ2) is 6.92. The lowest BCUT2D eigenvalue weighted by Crippen LogP contribution is -2.35. The molecule has 2 unspecified atom stereocenters. The molecule has 0 amide bonds. The van der Waals surface area contributed by atoms with E-state index in [0.717, 1.165) is 28.8 Å². The Bertz CT molecular complexity index is 459. The van der Waals surface area contributed by atoms with Crippen molar-refractivity contribution in [3.8, 4) is 5.75 Å². The van der Waals surface area contributed by atoms with Gasteiger partial charge in [-0.1, -0.05) is 29.8 Å². The first-order chi connectivity index (χ1) is 9.52. The molecule has 2 atom stereocenters. The van der Waals surface area contributed by atoms with Gasteiger partial charge in [-0.15, -0.1) is 0 Å². The Balaban J connectivity index is 2.17. The van der Waals surface area contributed by atoms with Crippen LogP contribution in [0.2, 0.25) is 0 Å². The number of ether oxygens (including phenoxy) is 2. The van der Waals surface area contributed by atoms with Crippen LogP contribution in [0, 0.1) is 5.92 Å². The molecular formula is C16H23BrO3. The second-order valence-corrected chi connectivity index (χ2v) is 6.50. The minimum atomic E-state index is -0.516. The third kappa shape index (κ3) is 3.54. The van der Waals surface area contributed by atoms with Crippen LogP contribution in [-0.4, -0.2) is 30.5 Å². The molecule has 20 heavy (non-hydrogen) atoms. The molecule has 0 aromatic heterocycles. The number of aliphatic hydroxyl groups excluding tert-OH is 1. The molecule has 112 valence electrons. The van der Waals surface area contributed by atoms with Gasteiger partial charge in [-0.05, 0) is 36.1 Å². The van der Waals surface area contributed by atoms with Gasteiger partial charge in [0.05, 0.1) is 18.8 Å². The van der Waals surface area contributed by atoms with E-state index in [1.54, 1.807) is 0 Å². The summed E-state index contributed by atoms with van der Waals surface area (Å²) >= 11 is 3.53. The number of benzene rings is 1. The highest BCUT2D eigenvalue weighted by Gasteiger charge is 2.26. The smallest absolute Gasteiger partial charge is 0.125 e. The Morgan fingerprint density at radius 2 is 2.15 bits per heavy atom. The molecule has 0 bridgehead atoms. The molecule has 1 N–H and O–H groups in total. The first kappa shape index (κ1) is 15.8. The van der Waals surface area contributed by atoms with Gasteiger partial charge in [-0.2, -0.15) is 0 Å². The quantitative estimate of drug-likeness (QED) is 0.861. The molecule has 0 saturated carbocycles. The van der Waals surface area contributed by atoms with Gasteiger partial charge in [-0.3, -0.25) is 0 Å². The molecule has 0 aliphatic carbocycles. The zero-order valence-electron chi connectivity index (χ0n) is 12.4. The highest BCUT2D eigenvalue weighted by Crippen LogP contribution is 2.34.